The highest BCUT2D eigenvalue weighted by atomic mass is 35.5. The van der Waals surface area contributed by atoms with Gasteiger partial charge in [-0.1, -0.05) is 25.7 Å². The fraction of sp³-hybridized carbons (Fsp3) is 0.688. The average Bonchev–Trinajstić information content (AvgIpc) is 2.69. The molecule has 0 aromatic carbocycles. The maximum absolute atomic E-state index is 12.1. The minimum absolute atomic E-state index is 0. The molecule has 22 heavy (non-hydrogen) atoms. The van der Waals surface area contributed by atoms with Crippen LogP contribution in [0.25, 0.3) is 0 Å². The van der Waals surface area contributed by atoms with Gasteiger partial charge < -0.3 is 15.4 Å². The largest absolute Gasteiger partial charge is 0.495 e. The molecule has 0 aliphatic heterocycles. The summed E-state index contributed by atoms with van der Waals surface area (Å²) in [7, 11) is 1.60. The molecule has 1 aromatic rings. The average molecular weight is 347 g/mol. The standard InChI is InChI=1S/C16H26N2O2S.ClH/c1-12-11-14(20-2)15(21-12)16(19)18-10-9-17-13-7-5-3-4-6-8-13;/h11,13,17H,3-10H2,1-2H3,(H,18,19);1H. The smallest absolute Gasteiger partial charge is 0.265 e. The van der Waals surface area contributed by atoms with Gasteiger partial charge in [-0.25, -0.2) is 0 Å². The van der Waals surface area contributed by atoms with Crippen LogP contribution in [0.2, 0.25) is 0 Å². The van der Waals surface area contributed by atoms with Crippen molar-refractivity contribution in [2.45, 2.75) is 51.5 Å². The Morgan fingerprint density at radius 2 is 1.95 bits per heavy atom. The van der Waals surface area contributed by atoms with Crippen molar-refractivity contribution >= 4 is 29.7 Å². The van der Waals surface area contributed by atoms with Crippen molar-refractivity contribution in [3.63, 3.8) is 0 Å². The van der Waals surface area contributed by atoms with Gasteiger partial charge in [-0.3, -0.25) is 4.79 Å². The van der Waals surface area contributed by atoms with Gasteiger partial charge in [0.2, 0.25) is 0 Å². The van der Waals surface area contributed by atoms with Crippen molar-refractivity contribution in [3.8, 4) is 5.75 Å². The molecule has 0 unspecified atom stereocenters. The molecule has 1 aromatic heterocycles. The number of hydrogen-bond donors (Lipinski definition) is 2. The van der Waals surface area contributed by atoms with Gasteiger partial charge in [0.25, 0.3) is 5.91 Å². The zero-order chi connectivity index (χ0) is 15.1. The third kappa shape index (κ3) is 5.78. The van der Waals surface area contributed by atoms with Crippen LogP contribution in [-0.2, 0) is 0 Å². The third-order valence-corrected chi connectivity index (χ3v) is 4.98. The van der Waals surface area contributed by atoms with Crippen molar-refractivity contribution in [1.29, 1.82) is 0 Å². The Kier molecular flexibility index (Phi) is 8.83. The van der Waals surface area contributed by atoms with Crippen LogP contribution in [0.15, 0.2) is 6.07 Å². The van der Waals surface area contributed by atoms with E-state index in [-0.39, 0.29) is 18.3 Å². The summed E-state index contributed by atoms with van der Waals surface area (Å²) in [6.45, 7) is 3.48. The molecule has 1 amide bonds. The van der Waals surface area contributed by atoms with Crippen LogP contribution in [-0.4, -0.2) is 32.1 Å². The van der Waals surface area contributed by atoms with Gasteiger partial charge in [0.15, 0.2) is 0 Å². The highest BCUT2D eigenvalue weighted by Gasteiger charge is 2.15. The van der Waals surface area contributed by atoms with Gasteiger partial charge in [-0.2, -0.15) is 0 Å². The number of amides is 1. The zero-order valence-corrected chi connectivity index (χ0v) is 15.1. The first-order valence-electron chi connectivity index (χ1n) is 7.86. The van der Waals surface area contributed by atoms with Crippen LogP contribution in [0, 0.1) is 6.92 Å². The van der Waals surface area contributed by atoms with E-state index in [1.54, 1.807) is 7.11 Å². The van der Waals surface area contributed by atoms with Crippen molar-refractivity contribution in [2.75, 3.05) is 20.2 Å². The number of thiophene rings is 1. The Balaban J connectivity index is 0.00000242. The van der Waals surface area contributed by atoms with E-state index in [4.69, 9.17) is 4.74 Å². The van der Waals surface area contributed by atoms with Crippen LogP contribution in [0.1, 0.15) is 53.1 Å². The number of nitrogens with one attached hydrogen (secondary N) is 2. The van der Waals surface area contributed by atoms with E-state index in [2.05, 4.69) is 10.6 Å². The molecule has 0 radical (unpaired) electrons. The molecule has 1 fully saturated rings. The molecule has 6 heteroatoms. The summed E-state index contributed by atoms with van der Waals surface area (Å²) in [6, 6.07) is 2.53. The Hall–Kier alpha value is -0.780. The Morgan fingerprint density at radius 3 is 2.59 bits per heavy atom. The predicted molar refractivity (Wildman–Crippen MR) is 94.7 cm³/mol. The normalized spacial score (nSPS) is 15.7. The summed E-state index contributed by atoms with van der Waals surface area (Å²) in [5.41, 5.74) is 0. The van der Waals surface area contributed by atoms with Crippen LogP contribution >= 0.6 is 23.7 Å². The summed E-state index contributed by atoms with van der Waals surface area (Å²) >= 11 is 1.48. The Bertz CT molecular complexity index is 457. The molecular weight excluding hydrogens is 320 g/mol. The lowest BCUT2D eigenvalue weighted by atomic mass is 10.1. The lowest BCUT2D eigenvalue weighted by Gasteiger charge is -2.16. The first-order valence-corrected chi connectivity index (χ1v) is 8.68. The van der Waals surface area contributed by atoms with Crippen LogP contribution in [0.3, 0.4) is 0 Å². The molecule has 126 valence electrons. The molecular formula is C16H27ClN2O2S. The second-order valence-corrected chi connectivity index (χ2v) is 6.91. The van der Waals surface area contributed by atoms with Crippen molar-refractivity contribution in [1.82, 2.24) is 10.6 Å². The van der Waals surface area contributed by atoms with Gasteiger partial charge >= 0.3 is 0 Å². The quantitative estimate of drug-likeness (QED) is 0.612. The minimum Gasteiger partial charge on any atom is -0.495 e. The van der Waals surface area contributed by atoms with Gasteiger partial charge in [0.05, 0.1) is 7.11 Å². The molecule has 4 nitrogen and oxygen atoms in total. The molecule has 0 spiro atoms. The lowest BCUT2D eigenvalue weighted by Crippen LogP contribution is -2.36. The monoisotopic (exact) mass is 346 g/mol. The summed E-state index contributed by atoms with van der Waals surface area (Å²) in [5.74, 6) is 0.638. The van der Waals surface area contributed by atoms with Gasteiger partial charge in [0, 0.05) is 24.0 Å². The molecule has 1 aliphatic carbocycles. The van der Waals surface area contributed by atoms with Gasteiger partial charge in [-0.05, 0) is 25.8 Å². The number of aryl methyl sites for hydroxylation is 1. The van der Waals surface area contributed by atoms with E-state index in [0.29, 0.717) is 23.2 Å². The molecule has 0 saturated heterocycles. The first-order chi connectivity index (χ1) is 10.2. The van der Waals surface area contributed by atoms with E-state index in [1.165, 1.54) is 49.9 Å². The molecule has 0 atom stereocenters. The minimum atomic E-state index is -0.0346. The van der Waals surface area contributed by atoms with Crippen LogP contribution in [0.4, 0.5) is 0 Å². The molecule has 1 aliphatic rings. The second kappa shape index (κ2) is 10.1. The number of ether oxygens (including phenoxy) is 1. The summed E-state index contributed by atoms with van der Waals surface area (Å²) in [5, 5.41) is 6.53. The lowest BCUT2D eigenvalue weighted by molar-refractivity contribution is 0.0955. The van der Waals surface area contributed by atoms with Crippen LogP contribution in [0.5, 0.6) is 5.75 Å². The van der Waals surface area contributed by atoms with E-state index < -0.39 is 0 Å². The van der Waals surface area contributed by atoms with E-state index in [9.17, 15) is 4.79 Å². The maximum Gasteiger partial charge on any atom is 0.265 e. The second-order valence-electron chi connectivity index (χ2n) is 5.65. The Morgan fingerprint density at radius 1 is 1.27 bits per heavy atom. The predicted octanol–water partition coefficient (Wildman–Crippen LogP) is 3.53. The molecule has 0 bridgehead atoms. The molecule has 1 saturated carbocycles. The van der Waals surface area contributed by atoms with Crippen molar-refractivity contribution < 1.29 is 9.53 Å². The zero-order valence-electron chi connectivity index (χ0n) is 13.4. The van der Waals surface area contributed by atoms with Crippen molar-refractivity contribution in [2.24, 2.45) is 0 Å². The van der Waals surface area contributed by atoms with Gasteiger partial charge in [-0.15, -0.1) is 23.7 Å². The van der Waals surface area contributed by atoms with Crippen molar-refractivity contribution in [3.05, 3.63) is 15.8 Å². The highest BCUT2D eigenvalue weighted by molar-refractivity contribution is 7.14. The molecule has 1 heterocycles. The van der Waals surface area contributed by atoms with E-state index in [1.807, 2.05) is 13.0 Å². The first kappa shape index (κ1) is 19.3. The number of carbonyl (C=O) groups excluding carboxylic acids is 1. The summed E-state index contributed by atoms with van der Waals surface area (Å²) < 4.78 is 5.24. The maximum atomic E-state index is 12.1. The van der Waals surface area contributed by atoms with E-state index in [0.717, 1.165) is 11.4 Å². The highest BCUT2D eigenvalue weighted by Crippen LogP contribution is 2.28. The van der Waals surface area contributed by atoms with Crippen LogP contribution < -0.4 is 15.4 Å². The molecule has 2 N–H and O–H groups in total. The molecule has 2 rings (SSSR count). The number of hydrogen-bond acceptors (Lipinski definition) is 4. The number of halogens is 1. The fourth-order valence-electron chi connectivity index (χ4n) is 2.82. The summed E-state index contributed by atoms with van der Waals surface area (Å²) in [4.78, 5) is 13.9. The summed E-state index contributed by atoms with van der Waals surface area (Å²) in [6.07, 6.45) is 7.93. The topological polar surface area (TPSA) is 50.4 Å². The number of carbonyl (C=O) groups is 1. The van der Waals surface area contributed by atoms with Gasteiger partial charge in [0.1, 0.15) is 10.6 Å². The SMILES string of the molecule is COc1cc(C)sc1C(=O)NCCNC1CCCCCC1.Cl. The third-order valence-electron chi connectivity index (χ3n) is 3.95. The number of rotatable bonds is 6. The van der Waals surface area contributed by atoms with E-state index >= 15 is 0 Å². The fourth-order valence-corrected chi connectivity index (χ4v) is 3.71. The Labute approximate surface area is 143 Å². The number of methoxy groups -OCH3 is 1.